The maximum absolute atomic E-state index is 12.3. The maximum Gasteiger partial charge on any atom is 0.289 e. The Hall–Kier alpha value is -1.37. The number of aryl methyl sites for hydroxylation is 2. The first-order valence-corrected chi connectivity index (χ1v) is 7.84. The molecule has 124 valence electrons. The lowest BCUT2D eigenvalue weighted by Crippen LogP contribution is -2.45. The summed E-state index contributed by atoms with van der Waals surface area (Å²) in [4.78, 5) is 16.0. The van der Waals surface area contributed by atoms with Gasteiger partial charge in [0.1, 0.15) is 5.76 Å². The number of furan rings is 1. The van der Waals surface area contributed by atoms with Crippen molar-refractivity contribution in [3.8, 4) is 0 Å². The summed E-state index contributed by atoms with van der Waals surface area (Å²) in [5, 5.41) is 10.2. The second-order valence-electron chi connectivity index (χ2n) is 5.82. The van der Waals surface area contributed by atoms with Crippen molar-refractivity contribution in [1.82, 2.24) is 9.80 Å². The quantitative estimate of drug-likeness (QED) is 0.846. The molecule has 0 aliphatic carbocycles. The van der Waals surface area contributed by atoms with Crippen molar-refractivity contribution in [2.45, 2.75) is 26.4 Å². The smallest absolute Gasteiger partial charge is 0.289 e. The van der Waals surface area contributed by atoms with E-state index in [1.807, 2.05) is 13.8 Å². The van der Waals surface area contributed by atoms with Crippen LogP contribution >= 0.6 is 0 Å². The minimum absolute atomic E-state index is 0.191. The monoisotopic (exact) mass is 310 g/mol. The van der Waals surface area contributed by atoms with E-state index in [4.69, 9.17) is 9.15 Å². The summed E-state index contributed by atoms with van der Waals surface area (Å²) in [7, 11) is 1.69. The summed E-state index contributed by atoms with van der Waals surface area (Å²) in [6, 6.07) is 1.77. The molecular weight excluding hydrogens is 284 g/mol. The van der Waals surface area contributed by atoms with E-state index in [2.05, 4.69) is 4.90 Å². The van der Waals surface area contributed by atoms with Gasteiger partial charge >= 0.3 is 0 Å². The summed E-state index contributed by atoms with van der Waals surface area (Å²) in [5.41, 5.74) is 0.994. The third-order valence-electron chi connectivity index (χ3n) is 3.96. The standard InChI is InChI=1S/C16H26N2O4/c1-4-14-12(2)9-15(22-14)16(20)17(3)10-13(19)11-18-5-7-21-8-6-18/h9,13,19H,4-8,10-11H2,1-3H3. The lowest BCUT2D eigenvalue weighted by Gasteiger charge is -2.29. The molecule has 2 rings (SSSR count). The number of carbonyl (C=O) groups excluding carboxylic acids is 1. The van der Waals surface area contributed by atoms with Gasteiger partial charge in [0, 0.05) is 39.6 Å². The van der Waals surface area contributed by atoms with Crippen LogP contribution in [-0.4, -0.2) is 73.4 Å². The molecule has 6 heteroatoms. The van der Waals surface area contributed by atoms with Gasteiger partial charge in [0.2, 0.25) is 0 Å². The van der Waals surface area contributed by atoms with Crippen molar-refractivity contribution in [3.63, 3.8) is 0 Å². The van der Waals surface area contributed by atoms with E-state index in [1.165, 1.54) is 4.90 Å². The molecule has 1 N–H and O–H groups in total. The van der Waals surface area contributed by atoms with E-state index in [0.29, 0.717) is 25.5 Å². The van der Waals surface area contributed by atoms with Crippen molar-refractivity contribution in [2.75, 3.05) is 46.4 Å². The van der Waals surface area contributed by atoms with Crippen molar-refractivity contribution in [1.29, 1.82) is 0 Å². The highest BCUT2D eigenvalue weighted by molar-refractivity contribution is 5.91. The molecule has 0 saturated carbocycles. The number of aliphatic hydroxyl groups is 1. The third-order valence-corrected chi connectivity index (χ3v) is 3.96. The predicted octanol–water partition coefficient (Wildman–Crippen LogP) is 0.916. The van der Waals surface area contributed by atoms with E-state index >= 15 is 0 Å². The molecule has 0 aromatic carbocycles. The SMILES string of the molecule is CCc1oc(C(=O)N(C)CC(O)CN2CCOCC2)cc1C. The van der Waals surface area contributed by atoms with Gasteiger partial charge in [0.15, 0.2) is 5.76 Å². The average Bonchev–Trinajstić information content (AvgIpc) is 2.88. The Morgan fingerprint density at radius 3 is 2.73 bits per heavy atom. The van der Waals surface area contributed by atoms with E-state index in [1.54, 1.807) is 13.1 Å². The molecule has 1 amide bonds. The number of rotatable bonds is 6. The molecule has 1 aromatic heterocycles. The molecule has 1 unspecified atom stereocenters. The number of hydrogen-bond acceptors (Lipinski definition) is 5. The van der Waals surface area contributed by atoms with Crippen molar-refractivity contribution < 1.29 is 19.1 Å². The highest BCUT2D eigenvalue weighted by atomic mass is 16.5. The van der Waals surface area contributed by atoms with E-state index < -0.39 is 6.10 Å². The zero-order chi connectivity index (χ0) is 16.1. The average molecular weight is 310 g/mol. The van der Waals surface area contributed by atoms with Crippen LogP contribution < -0.4 is 0 Å². The summed E-state index contributed by atoms with van der Waals surface area (Å²) < 4.78 is 10.9. The van der Waals surface area contributed by atoms with Gasteiger partial charge in [0.05, 0.1) is 19.3 Å². The summed E-state index contributed by atoms with van der Waals surface area (Å²) in [5.74, 6) is 0.991. The predicted molar refractivity (Wildman–Crippen MR) is 83.0 cm³/mol. The number of carbonyl (C=O) groups is 1. The minimum Gasteiger partial charge on any atom is -0.456 e. The molecule has 1 aliphatic heterocycles. The van der Waals surface area contributed by atoms with Crippen molar-refractivity contribution >= 4 is 5.91 Å². The van der Waals surface area contributed by atoms with Gasteiger partial charge in [0.25, 0.3) is 5.91 Å². The van der Waals surface area contributed by atoms with Gasteiger partial charge in [-0.2, -0.15) is 0 Å². The lowest BCUT2D eigenvalue weighted by atomic mass is 10.2. The Morgan fingerprint density at radius 2 is 2.14 bits per heavy atom. The van der Waals surface area contributed by atoms with Gasteiger partial charge in [-0.05, 0) is 18.6 Å². The van der Waals surface area contributed by atoms with Crippen LogP contribution in [0.15, 0.2) is 10.5 Å². The largest absolute Gasteiger partial charge is 0.456 e. The Labute approximate surface area is 131 Å². The van der Waals surface area contributed by atoms with Crippen molar-refractivity contribution in [2.24, 2.45) is 0 Å². The second kappa shape index (κ2) is 7.76. The fourth-order valence-corrected chi connectivity index (χ4v) is 2.70. The third kappa shape index (κ3) is 4.32. The Bertz CT molecular complexity index is 494. The number of likely N-dealkylation sites (N-methyl/N-ethyl adjacent to an activating group) is 1. The number of hydrogen-bond donors (Lipinski definition) is 1. The number of aliphatic hydroxyl groups excluding tert-OH is 1. The summed E-state index contributed by atoms with van der Waals surface area (Å²) in [6.45, 7) is 7.83. The van der Waals surface area contributed by atoms with Crippen molar-refractivity contribution in [3.05, 3.63) is 23.2 Å². The molecule has 22 heavy (non-hydrogen) atoms. The first kappa shape index (κ1) is 17.0. The van der Waals surface area contributed by atoms with E-state index in [0.717, 1.165) is 30.8 Å². The minimum atomic E-state index is -0.575. The molecule has 1 fully saturated rings. The van der Waals surface area contributed by atoms with Crippen LogP contribution in [0.2, 0.25) is 0 Å². The first-order chi connectivity index (χ1) is 10.5. The zero-order valence-corrected chi connectivity index (χ0v) is 13.7. The number of β-amino-alcohol motifs (C(OH)–C–C–N with tert-alkyl or cyclic N) is 1. The number of amides is 1. The lowest BCUT2D eigenvalue weighted by molar-refractivity contribution is 0.00852. The van der Waals surface area contributed by atoms with Gasteiger partial charge < -0.3 is 19.2 Å². The fourth-order valence-electron chi connectivity index (χ4n) is 2.70. The first-order valence-electron chi connectivity index (χ1n) is 7.84. The van der Waals surface area contributed by atoms with Crippen LogP contribution in [0.5, 0.6) is 0 Å². The van der Waals surface area contributed by atoms with Gasteiger partial charge in [-0.1, -0.05) is 6.92 Å². The second-order valence-corrected chi connectivity index (χ2v) is 5.82. The van der Waals surface area contributed by atoms with Gasteiger partial charge in [-0.15, -0.1) is 0 Å². The van der Waals surface area contributed by atoms with Gasteiger partial charge in [-0.3, -0.25) is 9.69 Å². The summed E-state index contributed by atoms with van der Waals surface area (Å²) in [6.07, 6.45) is 0.191. The molecule has 6 nitrogen and oxygen atoms in total. The Morgan fingerprint density at radius 1 is 1.45 bits per heavy atom. The van der Waals surface area contributed by atoms with Crippen LogP contribution in [0.3, 0.4) is 0 Å². The van der Waals surface area contributed by atoms with Crippen LogP contribution in [0.4, 0.5) is 0 Å². The van der Waals surface area contributed by atoms with E-state index in [-0.39, 0.29) is 12.5 Å². The van der Waals surface area contributed by atoms with Crippen LogP contribution in [0, 0.1) is 6.92 Å². The Kier molecular flexibility index (Phi) is 5.99. The molecule has 0 spiro atoms. The molecular formula is C16H26N2O4. The fraction of sp³-hybridized carbons (Fsp3) is 0.688. The molecule has 1 saturated heterocycles. The van der Waals surface area contributed by atoms with E-state index in [9.17, 15) is 9.90 Å². The molecule has 1 aliphatic rings. The zero-order valence-electron chi connectivity index (χ0n) is 13.7. The molecule has 1 atom stereocenters. The highest BCUT2D eigenvalue weighted by Gasteiger charge is 2.21. The highest BCUT2D eigenvalue weighted by Crippen LogP contribution is 2.16. The van der Waals surface area contributed by atoms with Crippen LogP contribution in [0.1, 0.15) is 28.8 Å². The molecule has 0 bridgehead atoms. The maximum atomic E-state index is 12.3. The number of nitrogens with zero attached hydrogens (tertiary/aromatic N) is 2. The summed E-state index contributed by atoms with van der Waals surface area (Å²) >= 11 is 0. The molecule has 2 heterocycles. The molecule has 0 radical (unpaired) electrons. The topological polar surface area (TPSA) is 66.2 Å². The van der Waals surface area contributed by atoms with Crippen LogP contribution in [0.25, 0.3) is 0 Å². The Balaban J connectivity index is 1.86. The number of morpholine rings is 1. The van der Waals surface area contributed by atoms with Crippen LogP contribution in [-0.2, 0) is 11.2 Å². The molecule has 1 aromatic rings. The normalized spacial score (nSPS) is 17.5. The number of ether oxygens (including phenoxy) is 1. The van der Waals surface area contributed by atoms with Gasteiger partial charge in [-0.25, -0.2) is 0 Å².